The number of nitriles is 1. The maximum atomic E-state index is 13.1. The van der Waals surface area contributed by atoms with Crippen molar-refractivity contribution in [1.82, 2.24) is 9.97 Å². The number of halogens is 1. The van der Waals surface area contributed by atoms with E-state index in [4.69, 9.17) is 26.1 Å². The Kier molecular flexibility index (Phi) is 8.16. The van der Waals surface area contributed by atoms with Gasteiger partial charge in [0.2, 0.25) is 5.95 Å². The summed E-state index contributed by atoms with van der Waals surface area (Å²) in [4.78, 5) is 25.9. The zero-order chi connectivity index (χ0) is 31.1. The number of hydrogen-bond acceptors (Lipinski definition) is 9. The van der Waals surface area contributed by atoms with Gasteiger partial charge in [-0.2, -0.15) is 5.26 Å². The maximum Gasteiger partial charge on any atom is 0.414 e. The Balaban J connectivity index is 1.46. The van der Waals surface area contributed by atoms with Crippen molar-refractivity contribution in [3.63, 3.8) is 0 Å². The Morgan fingerprint density at radius 3 is 2.58 bits per heavy atom. The predicted octanol–water partition coefficient (Wildman–Crippen LogP) is 6.41. The summed E-state index contributed by atoms with van der Waals surface area (Å²) in [5.74, 6) is 0.905. The molecule has 5 rings (SSSR count). The first-order valence-corrected chi connectivity index (χ1v) is 14.7. The third-order valence-electron chi connectivity index (χ3n) is 7.67. The molecule has 2 aliphatic heterocycles. The number of fused-ring (bicyclic) bond motifs is 1. The zero-order valence-electron chi connectivity index (χ0n) is 25.4. The molecule has 2 aromatic carbocycles. The molecule has 2 N–H and O–H groups in total. The topological polar surface area (TPSA) is 124 Å². The predicted molar refractivity (Wildman–Crippen MR) is 168 cm³/mol. The molecule has 1 amide bonds. The van der Waals surface area contributed by atoms with Gasteiger partial charge in [-0.05, 0) is 63.4 Å². The fraction of sp³-hybridized carbons (Fsp3) is 0.438. The van der Waals surface area contributed by atoms with Crippen molar-refractivity contribution < 1.29 is 19.4 Å². The minimum atomic E-state index is -0.661. The van der Waals surface area contributed by atoms with E-state index in [0.717, 1.165) is 16.8 Å². The van der Waals surface area contributed by atoms with Gasteiger partial charge in [-0.1, -0.05) is 25.4 Å². The van der Waals surface area contributed by atoms with Gasteiger partial charge >= 0.3 is 6.09 Å². The van der Waals surface area contributed by atoms with Gasteiger partial charge < -0.3 is 24.8 Å². The number of benzene rings is 2. The molecule has 226 valence electrons. The quantitative estimate of drug-likeness (QED) is 0.340. The number of ether oxygens (including phenoxy) is 2. The van der Waals surface area contributed by atoms with Gasteiger partial charge in [-0.25, -0.2) is 14.8 Å². The third-order valence-corrected chi connectivity index (χ3v) is 7.97. The molecule has 0 bridgehead atoms. The highest BCUT2D eigenvalue weighted by Gasteiger charge is 2.42. The van der Waals surface area contributed by atoms with Crippen LogP contribution in [0.3, 0.4) is 0 Å². The Bertz CT molecular complexity index is 1590. The second-order valence-electron chi connectivity index (χ2n) is 12.6. The molecule has 0 spiro atoms. The minimum Gasteiger partial charge on any atom is -0.494 e. The number of methoxy groups -OCH3 is 1. The average molecular weight is 605 g/mol. The van der Waals surface area contributed by atoms with Gasteiger partial charge in [0.25, 0.3) is 0 Å². The van der Waals surface area contributed by atoms with Crippen LogP contribution in [0.2, 0.25) is 5.02 Å². The van der Waals surface area contributed by atoms with Crippen LogP contribution in [0, 0.1) is 11.3 Å². The lowest BCUT2D eigenvalue weighted by atomic mass is 9.85. The number of aliphatic hydroxyl groups is 1. The number of aliphatic hydroxyl groups excluding tert-OH is 1. The fourth-order valence-electron chi connectivity index (χ4n) is 5.57. The summed E-state index contributed by atoms with van der Waals surface area (Å²) < 4.78 is 11.3. The first-order valence-electron chi connectivity index (χ1n) is 14.3. The van der Waals surface area contributed by atoms with Crippen molar-refractivity contribution in [1.29, 1.82) is 5.26 Å². The Hall–Kier alpha value is -4.07. The van der Waals surface area contributed by atoms with E-state index in [-0.39, 0.29) is 6.10 Å². The van der Waals surface area contributed by atoms with Gasteiger partial charge in [0, 0.05) is 42.9 Å². The fourth-order valence-corrected chi connectivity index (χ4v) is 5.85. The second kappa shape index (κ2) is 11.5. The average Bonchev–Trinajstić information content (AvgIpc) is 3.23. The Morgan fingerprint density at radius 2 is 1.93 bits per heavy atom. The van der Waals surface area contributed by atoms with Crippen molar-refractivity contribution in [2.45, 2.75) is 64.6 Å². The molecule has 1 fully saturated rings. The molecule has 11 heteroatoms. The van der Waals surface area contributed by atoms with Crippen molar-refractivity contribution in [2.24, 2.45) is 0 Å². The largest absolute Gasteiger partial charge is 0.494 e. The van der Waals surface area contributed by atoms with Crippen LogP contribution in [0.1, 0.15) is 58.6 Å². The molecule has 0 aliphatic carbocycles. The summed E-state index contributed by atoms with van der Waals surface area (Å²) in [5, 5.41) is 23.8. The highest BCUT2D eigenvalue weighted by molar-refractivity contribution is 6.33. The molecular formula is C32H37ClN6O4. The van der Waals surface area contributed by atoms with E-state index in [1.54, 1.807) is 36.4 Å². The van der Waals surface area contributed by atoms with Gasteiger partial charge in [0.15, 0.2) is 0 Å². The summed E-state index contributed by atoms with van der Waals surface area (Å²) in [7, 11) is 1.59. The summed E-state index contributed by atoms with van der Waals surface area (Å²) in [6, 6.07) is 11.4. The molecule has 3 aromatic rings. The molecular weight excluding hydrogens is 568 g/mol. The molecule has 1 saturated heterocycles. The Labute approximate surface area is 257 Å². The van der Waals surface area contributed by atoms with Crippen LogP contribution in [0.25, 0.3) is 11.3 Å². The standard InChI is InChI=1S/C32H37ClN6O4/c1-31(2,3)43-30(41)39-18-32(4,5)22-14-19(13-20(17-34)28(22)39)24-7-10-35-29(36-24)37-25-15-23(33)26(16-27(25)42-6)38-11-8-21(40)9-12-38/h7,10,13-16,21,40H,8-9,11-12,18H2,1-6H3,(H,35,36,37). The second-order valence-corrected chi connectivity index (χ2v) is 13.0. The van der Waals surface area contributed by atoms with Gasteiger partial charge in [-0.15, -0.1) is 0 Å². The van der Waals surface area contributed by atoms with Crippen LogP contribution in [-0.2, 0) is 10.2 Å². The Morgan fingerprint density at radius 1 is 1.21 bits per heavy atom. The summed E-state index contributed by atoms with van der Waals surface area (Å²) in [6.07, 6.45) is 2.25. The summed E-state index contributed by atoms with van der Waals surface area (Å²) in [5.41, 5.74) is 3.51. The smallest absolute Gasteiger partial charge is 0.414 e. The van der Waals surface area contributed by atoms with E-state index in [9.17, 15) is 15.2 Å². The van der Waals surface area contributed by atoms with E-state index in [1.807, 2.05) is 46.8 Å². The summed E-state index contributed by atoms with van der Waals surface area (Å²) >= 11 is 6.70. The molecule has 43 heavy (non-hydrogen) atoms. The van der Waals surface area contributed by atoms with Crippen LogP contribution in [0.15, 0.2) is 36.5 Å². The molecule has 0 radical (unpaired) electrons. The van der Waals surface area contributed by atoms with E-state index < -0.39 is 17.1 Å². The number of nitrogens with one attached hydrogen (secondary N) is 1. The molecule has 0 unspecified atom stereocenters. The number of nitrogens with zero attached hydrogens (tertiary/aromatic N) is 5. The van der Waals surface area contributed by atoms with Crippen molar-refractivity contribution in [3.8, 4) is 23.1 Å². The number of carbonyl (C=O) groups excluding carboxylic acids is 1. The molecule has 0 saturated carbocycles. The molecule has 2 aliphatic rings. The lowest BCUT2D eigenvalue weighted by Crippen LogP contribution is -2.38. The van der Waals surface area contributed by atoms with Crippen LogP contribution in [0.4, 0.5) is 27.8 Å². The van der Waals surface area contributed by atoms with Crippen LogP contribution >= 0.6 is 11.6 Å². The van der Waals surface area contributed by atoms with E-state index in [0.29, 0.717) is 71.8 Å². The first kappa shape index (κ1) is 30.4. The SMILES string of the molecule is COc1cc(N2CCC(O)CC2)c(Cl)cc1Nc1nccc(-c2cc(C#N)c3c(c2)C(C)(C)CN3C(=O)OC(C)(C)C)n1. The lowest BCUT2D eigenvalue weighted by Gasteiger charge is -2.32. The minimum absolute atomic E-state index is 0.285. The van der Waals surface area contributed by atoms with Crippen molar-refractivity contribution in [2.75, 3.05) is 41.9 Å². The number of aromatic nitrogens is 2. The monoisotopic (exact) mass is 604 g/mol. The number of hydrogen-bond donors (Lipinski definition) is 2. The number of piperidine rings is 1. The maximum absolute atomic E-state index is 13.1. The number of carbonyl (C=O) groups is 1. The highest BCUT2D eigenvalue weighted by Crippen LogP contribution is 2.45. The highest BCUT2D eigenvalue weighted by atomic mass is 35.5. The lowest BCUT2D eigenvalue weighted by molar-refractivity contribution is 0.0579. The van der Waals surface area contributed by atoms with E-state index in [2.05, 4.69) is 21.3 Å². The van der Waals surface area contributed by atoms with Crippen molar-refractivity contribution >= 4 is 40.7 Å². The van der Waals surface area contributed by atoms with Crippen LogP contribution in [0.5, 0.6) is 5.75 Å². The molecule has 1 aromatic heterocycles. The molecule has 10 nitrogen and oxygen atoms in total. The first-order chi connectivity index (χ1) is 20.3. The number of rotatable bonds is 5. The van der Waals surface area contributed by atoms with Gasteiger partial charge in [0.05, 0.1) is 46.6 Å². The van der Waals surface area contributed by atoms with E-state index in [1.165, 1.54) is 0 Å². The third kappa shape index (κ3) is 6.33. The van der Waals surface area contributed by atoms with E-state index >= 15 is 0 Å². The molecule has 0 atom stereocenters. The van der Waals surface area contributed by atoms with Crippen LogP contribution < -0.4 is 19.9 Å². The number of amides is 1. The van der Waals surface area contributed by atoms with Gasteiger partial charge in [0.1, 0.15) is 17.4 Å². The summed E-state index contributed by atoms with van der Waals surface area (Å²) in [6.45, 7) is 11.3. The van der Waals surface area contributed by atoms with Crippen molar-refractivity contribution in [3.05, 3.63) is 52.7 Å². The van der Waals surface area contributed by atoms with Crippen LogP contribution in [-0.4, -0.2) is 59.6 Å². The number of anilines is 4. The van der Waals surface area contributed by atoms with Gasteiger partial charge in [-0.3, -0.25) is 4.90 Å². The zero-order valence-corrected chi connectivity index (χ0v) is 26.1. The normalized spacial score (nSPS) is 16.4. The molecule has 3 heterocycles.